The van der Waals surface area contributed by atoms with E-state index >= 15 is 0 Å². The molecule has 1 amide bonds. The summed E-state index contributed by atoms with van der Waals surface area (Å²) in [5, 5.41) is 10.9. The molecule has 1 N–H and O–H groups in total. The van der Waals surface area contributed by atoms with E-state index in [9.17, 15) is 4.79 Å². The Morgan fingerprint density at radius 1 is 1.45 bits per heavy atom. The van der Waals surface area contributed by atoms with Gasteiger partial charge in [0.05, 0.1) is 18.1 Å². The molecule has 2 aromatic rings. The van der Waals surface area contributed by atoms with E-state index in [0.29, 0.717) is 11.4 Å². The van der Waals surface area contributed by atoms with Crippen LogP contribution in [0.15, 0.2) is 12.7 Å². The number of amides is 1. The SMILES string of the molecule is CCCn1cnnc1[C@@H](C)NC(=O)c1c(C)ncn1C. The largest absolute Gasteiger partial charge is 0.341 e. The second kappa shape index (κ2) is 5.85. The van der Waals surface area contributed by atoms with Gasteiger partial charge in [-0.2, -0.15) is 0 Å². The van der Waals surface area contributed by atoms with Gasteiger partial charge in [0.2, 0.25) is 0 Å². The summed E-state index contributed by atoms with van der Waals surface area (Å²) in [4.78, 5) is 16.4. The Kier molecular flexibility index (Phi) is 4.16. The fraction of sp³-hybridized carbons (Fsp3) is 0.538. The summed E-state index contributed by atoms with van der Waals surface area (Å²) < 4.78 is 3.68. The molecule has 0 spiro atoms. The summed E-state index contributed by atoms with van der Waals surface area (Å²) in [5.41, 5.74) is 1.28. The van der Waals surface area contributed by atoms with Crippen molar-refractivity contribution in [3.63, 3.8) is 0 Å². The van der Waals surface area contributed by atoms with E-state index in [4.69, 9.17) is 0 Å². The molecule has 0 bridgehead atoms. The van der Waals surface area contributed by atoms with Crippen LogP contribution in [-0.4, -0.2) is 30.2 Å². The van der Waals surface area contributed by atoms with Gasteiger partial charge in [0.15, 0.2) is 5.82 Å². The first-order valence-electron chi connectivity index (χ1n) is 6.71. The van der Waals surface area contributed by atoms with Crippen molar-refractivity contribution >= 4 is 5.91 Å². The minimum absolute atomic E-state index is 0.152. The summed E-state index contributed by atoms with van der Waals surface area (Å²) in [5.74, 6) is 0.612. The maximum Gasteiger partial charge on any atom is 0.270 e. The van der Waals surface area contributed by atoms with Crippen molar-refractivity contribution in [1.29, 1.82) is 0 Å². The standard InChI is InChI=1S/C13H20N6O/c1-5-6-19-8-15-17-12(19)10(3)16-13(20)11-9(2)14-7-18(11)4/h7-8,10H,5-6H2,1-4H3,(H,16,20)/t10-/m1/s1. The molecule has 2 aromatic heterocycles. The second-order valence-corrected chi connectivity index (χ2v) is 4.87. The maximum absolute atomic E-state index is 12.3. The molecule has 2 heterocycles. The van der Waals surface area contributed by atoms with Crippen LogP contribution < -0.4 is 5.32 Å². The normalized spacial score (nSPS) is 12.4. The Morgan fingerprint density at radius 2 is 2.20 bits per heavy atom. The number of rotatable bonds is 5. The van der Waals surface area contributed by atoms with Gasteiger partial charge in [-0.3, -0.25) is 4.79 Å². The summed E-state index contributed by atoms with van der Waals surface area (Å²) in [6.07, 6.45) is 4.32. The fourth-order valence-corrected chi connectivity index (χ4v) is 2.21. The highest BCUT2D eigenvalue weighted by atomic mass is 16.2. The first-order valence-corrected chi connectivity index (χ1v) is 6.71. The van der Waals surface area contributed by atoms with Crippen molar-refractivity contribution in [2.45, 2.75) is 39.8 Å². The Labute approximate surface area is 118 Å². The number of carbonyl (C=O) groups excluding carboxylic acids is 1. The average molecular weight is 276 g/mol. The first-order chi connectivity index (χ1) is 9.54. The van der Waals surface area contributed by atoms with Gasteiger partial charge >= 0.3 is 0 Å². The van der Waals surface area contributed by atoms with E-state index in [-0.39, 0.29) is 11.9 Å². The monoisotopic (exact) mass is 276 g/mol. The third-order valence-corrected chi connectivity index (χ3v) is 3.18. The van der Waals surface area contributed by atoms with Crippen LogP contribution in [0.4, 0.5) is 0 Å². The van der Waals surface area contributed by atoms with Crippen LogP contribution in [0, 0.1) is 6.92 Å². The van der Waals surface area contributed by atoms with Crippen molar-refractivity contribution in [1.82, 2.24) is 29.6 Å². The highest BCUT2D eigenvalue weighted by Gasteiger charge is 2.19. The molecule has 0 radical (unpaired) electrons. The molecule has 7 nitrogen and oxygen atoms in total. The topological polar surface area (TPSA) is 77.6 Å². The lowest BCUT2D eigenvalue weighted by Gasteiger charge is -2.15. The molecule has 0 saturated heterocycles. The second-order valence-electron chi connectivity index (χ2n) is 4.87. The number of nitrogens with zero attached hydrogens (tertiary/aromatic N) is 5. The van der Waals surface area contributed by atoms with Gasteiger partial charge in [-0.15, -0.1) is 10.2 Å². The smallest absolute Gasteiger partial charge is 0.270 e. The lowest BCUT2D eigenvalue weighted by Crippen LogP contribution is -2.30. The Bertz CT molecular complexity index is 580. The van der Waals surface area contributed by atoms with Crippen LogP contribution in [0.3, 0.4) is 0 Å². The Balaban J connectivity index is 2.13. The number of hydrogen-bond acceptors (Lipinski definition) is 4. The molecule has 0 unspecified atom stereocenters. The minimum Gasteiger partial charge on any atom is -0.341 e. The molecule has 0 aliphatic rings. The van der Waals surface area contributed by atoms with Gasteiger partial charge in [-0.1, -0.05) is 6.92 Å². The van der Waals surface area contributed by atoms with Gasteiger partial charge in [0, 0.05) is 13.6 Å². The minimum atomic E-state index is -0.203. The predicted octanol–water partition coefficient (Wildman–Crippen LogP) is 1.22. The zero-order valence-electron chi connectivity index (χ0n) is 12.3. The highest BCUT2D eigenvalue weighted by molar-refractivity contribution is 5.93. The van der Waals surface area contributed by atoms with Gasteiger partial charge < -0.3 is 14.5 Å². The molecule has 0 saturated carbocycles. The van der Waals surface area contributed by atoms with E-state index in [1.165, 1.54) is 0 Å². The van der Waals surface area contributed by atoms with Crippen LogP contribution >= 0.6 is 0 Å². The lowest BCUT2D eigenvalue weighted by atomic mass is 10.2. The molecular weight excluding hydrogens is 256 g/mol. The molecular formula is C13H20N6O. The van der Waals surface area contributed by atoms with Crippen LogP contribution in [0.5, 0.6) is 0 Å². The first kappa shape index (κ1) is 14.2. The molecule has 0 aliphatic heterocycles. The number of hydrogen-bond donors (Lipinski definition) is 1. The van der Waals surface area contributed by atoms with E-state index < -0.39 is 0 Å². The number of aromatic nitrogens is 5. The number of nitrogens with one attached hydrogen (secondary N) is 1. The van der Waals surface area contributed by atoms with Crippen molar-refractivity contribution < 1.29 is 4.79 Å². The lowest BCUT2D eigenvalue weighted by molar-refractivity contribution is 0.0928. The highest BCUT2D eigenvalue weighted by Crippen LogP contribution is 2.12. The van der Waals surface area contributed by atoms with Crippen molar-refractivity contribution in [2.24, 2.45) is 7.05 Å². The van der Waals surface area contributed by atoms with E-state index in [0.717, 1.165) is 18.8 Å². The average Bonchev–Trinajstić information content (AvgIpc) is 2.97. The zero-order valence-corrected chi connectivity index (χ0v) is 12.3. The molecule has 2 rings (SSSR count). The van der Waals surface area contributed by atoms with E-state index in [2.05, 4.69) is 27.4 Å². The summed E-state index contributed by atoms with van der Waals surface area (Å²) in [7, 11) is 1.80. The third-order valence-electron chi connectivity index (χ3n) is 3.18. The van der Waals surface area contributed by atoms with Gasteiger partial charge in [-0.05, 0) is 20.3 Å². The van der Waals surface area contributed by atoms with Gasteiger partial charge in [0.25, 0.3) is 5.91 Å². The van der Waals surface area contributed by atoms with Crippen molar-refractivity contribution in [2.75, 3.05) is 0 Å². The molecule has 0 aliphatic carbocycles. The predicted molar refractivity (Wildman–Crippen MR) is 74.1 cm³/mol. The van der Waals surface area contributed by atoms with Crippen molar-refractivity contribution in [3.8, 4) is 0 Å². The molecule has 20 heavy (non-hydrogen) atoms. The van der Waals surface area contributed by atoms with Gasteiger partial charge in [-0.25, -0.2) is 4.98 Å². The third kappa shape index (κ3) is 2.71. The summed E-state index contributed by atoms with van der Waals surface area (Å²) >= 11 is 0. The molecule has 0 aromatic carbocycles. The van der Waals surface area contributed by atoms with Crippen LogP contribution in [0.1, 0.15) is 48.3 Å². The molecule has 7 heteroatoms. The van der Waals surface area contributed by atoms with Crippen LogP contribution in [0.2, 0.25) is 0 Å². The zero-order chi connectivity index (χ0) is 14.7. The van der Waals surface area contributed by atoms with Crippen LogP contribution in [0.25, 0.3) is 0 Å². The van der Waals surface area contributed by atoms with Crippen LogP contribution in [-0.2, 0) is 13.6 Å². The van der Waals surface area contributed by atoms with Crippen molar-refractivity contribution in [3.05, 3.63) is 29.9 Å². The molecule has 0 fully saturated rings. The summed E-state index contributed by atoms with van der Waals surface area (Å²) in [6.45, 7) is 6.65. The molecule has 1 atom stereocenters. The number of imidazole rings is 1. The number of aryl methyl sites for hydroxylation is 3. The van der Waals surface area contributed by atoms with Gasteiger partial charge in [0.1, 0.15) is 12.0 Å². The quantitative estimate of drug-likeness (QED) is 0.890. The maximum atomic E-state index is 12.3. The number of carbonyl (C=O) groups is 1. The molecule has 108 valence electrons. The Morgan fingerprint density at radius 3 is 2.80 bits per heavy atom. The fourth-order valence-electron chi connectivity index (χ4n) is 2.21. The van der Waals surface area contributed by atoms with E-state index in [1.807, 2.05) is 18.4 Å². The summed E-state index contributed by atoms with van der Waals surface area (Å²) in [6, 6.07) is -0.203. The Hall–Kier alpha value is -2.18. The van der Waals surface area contributed by atoms with E-state index in [1.54, 1.807) is 24.3 Å².